The minimum atomic E-state index is -0.106. The Morgan fingerprint density at radius 1 is 0.679 bits per heavy atom. The van der Waals surface area contributed by atoms with Gasteiger partial charge in [0.25, 0.3) is 0 Å². The van der Waals surface area contributed by atoms with Gasteiger partial charge in [-0.1, -0.05) is 0 Å². The van der Waals surface area contributed by atoms with Gasteiger partial charge in [-0.15, -0.1) is 0 Å². The number of hydrogen-bond donors (Lipinski definition) is 0. The van der Waals surface area contributed by atoms with Gasteiger partial charge in [-0.25, -0.2) is 18.3 Å². The number of hydrogen-bond acceptors (Lipinski definition) is 0. The number of aryl methyl sites for hydroxylation is 4. The normalized spacial score (nSPS) is 11.1. The SMILES string of the molecule is CCn1[cH+]n(CCCn2[cH+]n(CC)c3ccccc32)c2ccccc21.[Cl][Pd][Cl]. The van der Waals surface area contributed by atoms with Crippen LogP contribution in [0.5, 0.6) is 0 Å². The predicted molar refractivity (Wildman–Crippen MR) is 116 cm³/mol. The first-order chi connectivity index (χ1) is 13.7. The van der Waals surface area contributed by atoms with Crippen molar-refractivity contribution >= 4 is 41.1 Å². The van der Waals surface area contributed by atoms with Crippen molar-refractivity contribution in [3.05, 3.63) is 61.2 Å². The van der Waals surface area contributed by atoms with E-state index in [0.717, 1.165) is 32.6 Å². The Bertz CT molecular complexity index is 959. The Balaban J connectivity index is 0.000000706. The van der Waals surface area contributed by atoms with E-state index in [9.17, 15) is 0 Å². The second-order valence-electron chi connectivity index (χ2n) is 6.57. The molecular weight excluding hydrogens is 486 g/mol. The van der Waals surface area contributed by atoms with Gasteiger partial charge in [-0.05, 0) is 44.5 Å². The summed E-state index contributed by atoms with van der Waals surface area (Å²) in [5.74, 6) is 0. The van der Waals surface area contributed by atoms with Gasteiger partial charge in [0.1, 0.15) is 0 Å². The molecule has 0 aliphatic heterocycles. The van der Waals surface area contributed by atoms with Crippen LogP contribution < -0.4 is 0 Å². The van der Waals surface area contributed by atoms with E-state index in [4.69, 9.17) is 19.1 Å². The fourth-order valence-corrected chi connectivity index (χ4v) is 3.76. The molecule has 7 heteroatoms. The molecule has 28 heavy (non-hydrogen) atoms. The molecule has 0 radical (unpaired) electrons. The molecule has 4 nitrogen and oxygen atoms in total. The van der Waals surface area contributed by atoms with Crippen molar-refractivity contribution in [2.45, 2.75) is 46.4 Å². The number of rotatable bonds is 6. The summed E-state index contributed by atoms with van der Waals surface area (Å²) in [4.78, 5) is 0. The number of aromatic nitrogens is 4. The molecule has 0 bridgehead atoms. The van der Waals surface area contributed by atoms with Crippen LogP contribution in [-0.4, -0.2) is 18.3 Å². The van der Waals surface area contributed by atoms with Crippen LogP contribution in [0.1, 0.15) is 20.3 Å². The second-order valence-corrected chi connectivity index (χ2v) is 8.93. The van der Waals surface area contributed by atoms with E-state index in [1.165, 1.54) is 22.1 Å². The predicted octanol–water partition coefficient (Wildman–Crippen LogP) is 6.27. The molecule has 0 aliphatic rings. The van der Waals surface area contributed by atoms with Crippen molar-refractivity contribution in [2.24, 2.45) is 0 Å². The molecule has 0 N–H and O–H groups in total. The molecule has 4 rings (SSSR count). The maximum atomic E-state index is 4.81. The van der Waals surface area contributed by atoms with E-state index in [1.807, 2.05) is 0 Å². The first kappa shape index (κ1) is 21.3. The fraction of sp³-hybridized carbons (Fsp3) is 0.333. The minimum absolute atomic E-state index is 0.106. The summed E-state index contributed by atoms with van der Waals surface area (Å²) in [5, 5.41) is 0. The molecule has 0 aliphatic carbocycles. The number of nitrogens with zero attached hydrogens (tertiary/aromatic N) is 4. The molecule has 0 spiro atoms. The molecule has 0 atom stereocenters. The third kappa shape index (κ3) is 4.61. The Labute approximate surface area is 182 Å². The van der Waals surface area contributed by atoms with E-state index in [-0.39, 0.29) is 15.9 Å². The summed E-state index contributed by atoms with van der Waals surface area (Å²) in [6.45, 7) is 8.48. The summed E-state index contributed by atoms with van der Waals surface area (Å²) < 4.78 is 9.42. The van der Waals surface area contributed by atoms with Gasteiger partial charge >= 0.3 is 35.0 Å². The van der Waals surface area contributed by atoms with E-state index in [1.54, 1.807) is 0 Å². The molecule has 152 valence electrons. The topological polar surface area (TPSA) is 19.7 Å². The molecule has 2 aromatic carbocycles. The number of imidazole rings is 2. The number of benzene rings is 2. The van der Waals surface area contributed by atoms with Crippen LogP contribution in [0.3, 0.4) is 0 Å². The zero-order chi connectivity index (χ0) is 19.9. The average molecular weight is 512 g/mol. The second kappa shape index (κ2) is 10.4. The van der Waals surface area contributed by atoms with Crippen LogP contribution in [0.2, 0.25) is 0 Å². The summed E-state index contributed by atoms with van der Waals surface area (Å²) >= 11 is -0.106. The molecule has 0 saturated heterocycles. The summed E-state index contributed by atoms with van der Waals surface area (Å²) in [6, 6.07) is 17.3. The molecular formula is C21H26Cl2N4Pd+2. The van der Waals surface area contributed by atoms with Gasteiger partial charge < -0.3 is 0 Å². The van der Waals surface area contributed by atoms with E-state index >= 15 is 0 Å². The molecule has 4 aromatic rings. The molecule has 2 aromatic heterocycles. The van der Waals surface area contributed by atoms with Gasteiger partial charge in [0.05, 0.1) is 26.2 Å². The van der Waals surface area contributed by atoms with Crippen molar-refractivity contribution in [3.8, 4) is 0 Å². The maximum absolute atomic E-state index is 4.81. The zero-order valence-corrected chi connectivity index (χ0v) is 19.2. The molecule has 0 fully saturated rings. The molecule has 0 amide bonds. The van der Waals surface area contributed by atoms with Crippen LogP contribution in [0.25, 0.3) is 22.1 Å². The first-order valence-electron chi connectivity index (χ1n) is 9.50. The van der Waals surface area contributed by atoms with E-state index in [0.29, 0.717) is 0 Å². The standard InChI is InChI=1S/C21H26N4.2ClH.Pd/c1-3-22-16-24(20-12-7-5-10-18(20)22)14-9-15-25-17-23(4-2)19-11-6-8-13-21(19)25;;;/h5-8,10-13,16-17H,3-4,9,14-15H2,1-2H3;2*1H;/q+2;;;+2/p-2. The fourth-order valence-electron chi connectivity index (χ4n) is 3.76. The third-order valence-corrected chi connectivity index (χ3v) is 5.04. The zero-order valence-electron chi connectivity index (χ0n) is 16.2. The van der Waals surface area contributed by atoms with Crippen LogP contribution in [0.15, 0.2) is 61.2 Å². The van der Waals surface area contributed by atoms with Crippen molar-refractivity contribution in [2.75, 3.05) is 0 Å². The summed E-state index contributed by atoms with van der Waals surface area (Å²) in [5.41, 5.74) is 5.29. The monoisotopic (exact) mass is 510 g/mol. The molecule has 0 saturated carbocycles. The van der Waals surface area contributed by atoms with E-state index in [2.05, 4.69) is 93.3 Å². The first-order valence-corrected chi connectivity index (χ1v) is 13.5. The van der Waals surface area contributed by atoms with Crippen LogP contribution >= 0.6 is 19.1 Å². The van der Waals surface area contributed by atoms with Gasteiger partial charge in [-0.2, -0.15) is 0 Å². The number of fused-ring (bicyclic) bond motifs is 2. The van der Waals surface area contributed by atoms with Crippen LogP contribution in [-0.2, 0) is 42.1 Å². The van der Waals surface area contributed by atoms with Gasteiger partial charge in [0.15, 0.2) is 12.7 Å². The Morgan fingerprint density at radius 2 is 1.00 bits per heavy atom. The van der Waals surface area contributed by atoms with Crippen molar-refractivity contribution in [1.82, 2.24) is 18.3 Å². The Kier molecular flexibility index (Phi) is 7.93. The van der Waals surface area contributed by atoms with Crippen molar-refractivity contribution < 1.29 is 15.9 Å². The summed E-state index contributed by atoms with van der Waals surface area (Å²) in [6.07, 6.45) is 5.63. The van der Waals surface area contributed by atoms with Gasteiger partial charge in [-0.3, -0.25) is 0 Å². The van der Waals surface area contributed by atoms with E-state index < -0.39 is 0 Å². The van der Waals surface area contributed by atoms with Gasteiger partial charge in [0, 0.05) is 24.3 Å². The quantitative estimate of drug-likeness (QED) is 0.215. The Hall–Kier alpha value is -1.38. The summed E-state index contributed by atoms with van der Waals surface area (Å²) in [7, 11) is 9.63. The van der Waals surface area contributed by atoms with Gasteiger partial charge in [0.2, 0.25) is 22.1 Å². The van der Waals surface area contributed by atoms with Crippen molar-refractivity contribution in [3.63, 3.8) is 0 Å². The average Bonchev–Trinajstić information content (AvgIpc) is 3.27. The number of halogens is 2. The third-order valence-electron chi connectivity index (χ3n) is 5.04. The van der Waals surface area contributed by atoms with Crippen LogP contribution in [0.4, 0.5) is 0 Å². The Morgan fingerprint density at radius 3 is 1.32 bits per heavy atom. The van der Waals surface area contributed by atoms with Crippen molar-refractivity contribution in [1.29, 1.82) is 0 Å². The molecule has 2 heterocycles. The number of para-hydroxylation sites is 4. The van der Waals surface area contributed by atoms with Crippen LogP contribution in [0, 0.1) is 0 Å². The molecule has 0 unspecified atom stereocenters.